The average molecular weight is 433 g/mol. The molecule has 0 bridgehead atoms. The Labute approximate surface area is 188 Å². The molecule has 0 aromatic heterocycles. The van der Waals surface area contributed by atoms with Crippen LogP contribution in [0, 0.1) is 52.3 Å². The molecule has 0 aromatic rings. The van der Waals surface area contributed by atoms with Gasteiger partial charge in [0.15, 0.2) is 5.79 Å². The second kappa shape index (κ2) is 6.93. The Kier molecular flexibility index (Phi) is 4.78. The molecule has 1 spiro atoms. The normalized spacial score (nSPS) is 63.3. The molecular weight excluding hydrogens is 388 g/mol. The first-order chi connectivity index (χ1) is 14.7. The summed E-state index contributed by atoms with van der Waals surface area (Å²) in [5, 5.41) is 21.5. The van der Waals surface area contributed by atoms with Gasteiger partial charge in [-0.05, 0) is 97.7 Å². The maximum atomic E-state index is 11.2. The van der Waals surface area contributed by atoms with Crippen LogP contribution in [0.4, 0.5) is 0 Å². The van der Waals surface area contributed by atoms with E-state index in [-0.39, 0.29) is 29.3 Å². The van der Waals surface area contributed by atoms with Crippen LogP contribution < -0.4 is 0 Å². The van der Waals surface area contributed by atoms with E-state index < -0.39 is 0 Å². The van der Waals surface area contributed by atoms with Gasteiger partial charge in [-0.15, -0.1) is 0 Å². The zero-order chi connectivity index (χ0) is 21.8. The van der Waals surface area contributed by atoms with Gasteiger partial charge in [0.25, 0.3) is 0 Å². The Balaban J connectivity index is 1.28. The van der Waals surface area contributed by atoms with Crippen molar-refractivity contribution in [2.45, 2.75) is 110 Å². The number of aliphatic hydroxyl groups is 2. The Bertz CT molecular complexity index is 716. The van der Waals surface area contributed by atoms with Crippen molar-refractivity contribution in [1.82, 2.24) is 0 Å². The summed E-state index contributed by atoms with van der Waals surface area (Å²) in [6.45, 7) is 10.6. The maximum absolute atomic E-state index is 11.2. The molecule has 176 valence electrons. The molecule has 2 N–H and O–H groups in total. The van der Waals surface area contributed by atoms with Crippen LogP contribution in [-0.2, 0) is 9.47 Å². The van der Waals surface area contributed by atoms with E-state index in [1.807, 2.05) is 0 Å². The first-order valence-corrected chi connectivity index (χ1v) is 13.4. The van der Waals surface area contributed by atoms with Crippen LogP contribution in [0.1, 0.15) is 85.5 Å². The minimum Gasteiger partial charge on any atom is -0.393 e. The van der Waals surface area contributed by atoms with Gasteiger partial charge in [-0.2, -0.15) is 0 Å². The average Bonchev–Trinajstić information content (AvgIpc) is 3.17. The SMILES string of the molecule is CC1C2C(C[C@H]3C4C[C@H](O)[C@H]5C[C@@H](O)CC[C@]5(C)C4CC[C@]23C)O[C@]12CC[C@@H](C)CO2. The predicted molar refractivity (Wildman–Crippen MR) is 119 cm³/mol. The van der Waals surface area contributed by atoms with Gasteiger partial charge in [0.05, 0.1) is 24.9 Å². The lowest BCUT2D eigenvalue weighted by molar-refractivity contribution is -0.273. The summed E-state index contributed by atoms with van der Waals surface area (Å²) < 4.78 is 13.3. The van der Waals surface area contributed by atoms with E-state index in [2.05, 4.69) is 27.7 Å². The highest BCUT2D eigenvalue weighted by Gasteiger charge is 2.69. The first-order valence-electron chi connectivity index (χ1n) is 13.4. The van der Waals surface area contributed by atoms with Crippen molar-refractivity contribution in [2.24, 2.45) is 52.3 Å². The number of fused-ring (bicyclic) bond motifs is 7. The molecule has 4 saturated carbocycles. The summed E-state index contributed by atoms with van der Waals surface area (Å²) in [6, 6.07) is 0. The van der Waals surface area contributed by atoms with Gasteiger partial charge in [0.1, 0.15) is 0 Å². The van der Waals surface area contributed by atoms with Crippen molar-refractivity contribution >= 4 is 0 Å². The number of hydrogen-bond acceptors (Lipinski definition) is 4. The molecular formula is C27H44O4. The number of aliphatic hydroxyl groups excluding tert-OH is 2. The fraction of sp³-hybridized carbons (Fsp3) is 1.00. The number of rotatable bonds is 0. The zero-order valence-corrected chi connectivity index (χ0v) is 20.1. The Hall–Kier alpha value is -0.160. The molecule has 6 rings (SSSR count). The van der Waals surface area contributed by atoms with Crippen molar-refractivity contribution < 1.29 is 19.7 Å². The predicted octanol–water partition coefficient (Wildman–Crippen LogP) is 4.76. The summed E-state index contributed by atoms with van der Waals surface area (Å²) in [7, 11) is 0. The third-order valence-corrected chi connectivity index (χ3v) is 11.9. The zero-order valence-electron chi connectivity index (χ0n) is 20.1. The molecule has 6 aliphatic rings. The molecule has 4 aliphatic carbocycles. The third kappa shape index (κ3) is 2.80. The maximum Gasteiger partial charge on any atom is 0.171 e. The summed E-state index contributed by atoms with van der Waals surface area (Å²) in [5.74, 6) is 3.58. The molecule has 4 heteroatoms. The van der Waals surface area contributed by atoms with Crippen LogP contribution in [0.15, 0.2) is 0 Å². The molecule has 2 heterocycles. The molecule has 13 atom stereocenters. The lowest BCUT2D eigenvalue weighted by atomic mass is 9.43. The third-order valence-electron chi connectivity index (χ3n) is 11.9. The Morgan fingerprint density at radius 2 is 1.58 bits per heavy atom. The molecule has 31 heavy (non-hydrogen) atoms. The quantitative estimate of drug-likeness (QED) is 0.579. The molecule has 2 aliphatic heterocycles. The Morgan fingerprint density at radius 1 is 0.806 bits per heavy atom. The molecule has 0 radical (unpaired) electrons. The smallest absolute Gasteiger partial charge is 0.171 e. The Morgan fingerprint density at radius 3 is 2.32 bits per heavy atom. The highest BCUT2D eigenvalue weighted by Crippen LogP contribution is 2.71. The number of hydrogen-bond donors (Lipinski definition) is 2. The van der Waals surface area contributed by atoms with Gasteiger partial charge < -0.3 is 19.7 Å². The summed E-state index contributed by atoms with van der Waals surface area (Å²) in [6.07, 6.45) is 9.58. The minimum atomic E-state index is -0.338. The topological polar surface area (TPSA) is 58.9 Å². The fourth-order valence-corrected chi connectivity index (χ4v) is 10.3. The lowest BCUT2D eigenvalue weighted by Gasteiger charge is -2.62. The van der Waals surface area contributed by atoms with Crippen molar-refractivity contribution in [1.29, 1.82) is 0 Å². The van der Waals surface area contributed by atoms with Crippen LogP contribution in [0.2, 0.25) is 0 Å². The van der Waals surface area contributed by atoms with Gasteiger partial charge in [0.2, 0.25) is 0 Å². The van der Waals surface area contributed by atoms with Crippen molar-refractivity contribution in [3.63, 3.8) is 0 Å². The van der Waals surface area contributed by atoms with Crippen molar-refractivity contribution in [3.8, 4) is 0 Å². The molecule has 2 saturated heterocycles. The van der Waals surface area contributed by atoms with Gasteiger partial charge in [-0.3, -0.25) is 0 Å². The van der Waals surface area contributed by atoms with E-state index in [0.717, 1.165) is 45.1 Å². The van der Waals surface area contributed by atoms with E-state index in [1.54, 1.807) is 0 Å². The van der Waals surface area contributed by atoms with Crippen LogP contribution in [0.3, 0.4) is 0 Å². The summed E-state index contributed by atoms with van der Waals surface area (Å²) in [4.78, 5) is 0. The second-order valence-electron chi connectivity index (χ2n) is 13.2. The van der Waals surface area contributed by atoms with Crippen LogP contribution in [0.25, 0.3) is 0 Å². The van der Waals surface area contributed by atoms with Crippen LogP contribution >= 0.6 is 0 Å². The largest absolute Gasteiger partial charge is 0.393 e. The summed E-state index contributed by atoms with van der Waals surface area (Å²) in [5.41, 5.74) is 0.495. The van der Waals surface area contributed by atoms with E-state index in [4.69, 9.17) is 9.47 Å². The first kappa shape index (κ1) is 21.4. The number of ether oxygens (including phenoxy) is 2. The second-order valence-corrected chi connectivity index (χ2v) is 13.2. The van der Waals surface area contributed by atoms with Crippen molar-refractivity contribution in [2.75, 3.05) is 6.61 Å². The lowest BCUT2D eigenvalue weighted by Crippen LogP contribution is -2.58. The molecule has 4 nitrogen and oxygen atoms in total. The van der Waals surface area contributed by atoms with Gasteiger partial charge in [-0.25, -0.2) is 0 Å². The van der Waals surface area contributed by atoms with Gasteiger partial charge in [0, 0.05) is 12.3 Å². The van der Waals surface area contributed by atoms with E-state index >= 15 is 0 Å². The van der Waals surface area contributed by atoms with E-state index in [0.29, 0.717) is 47.0 Å². The van der Waals surface area contributed by atoms with Gasteiger partial charge in [-0.1, -0.05) is 27.7 Å². The molecule has 0 aromatic carbocycles. The van der Waals surface area contributed by atoms with E-state index in [1.165, 1.54) is 19.3 Å². The van der Waals surface area contributed by atoms with Crippen molar-refractivity contribution in [3.05, 3.63) is 0 Å². The monoisotopic (exact) mass is 432 g/mol. The van der Waals surface area contributed by atoms with Gasteiger partial charge >= 0.3 is 0 Å². The minimum absolute atomic E-state index is 0.191. The molecule has 6 fully saturated rings. The fourth-order valence-electron chi connectivity index (χ4n) is 10.3. The van der Waals surface area contributed by atoms with Crippen LogP contribution in [0.5, 0.6) is 0 Å². The highest BCUT2D eigenvalue weighted by molar-refractivity contribution is 5.16. The molecule has 5 unspecified atom stereocenters. The highest BCUT2D eigenvalue weighted by atomic mass is 16.7. The van der Waals surface area contributed by atoms with Crippen LogP contribution in [-0.4, -0.2) is 40.9 Å². The van der Waals surface area contributed by atoms with E-state index in [9.17, 15) is 10.2 Å². The standard InChI is InChI=1S/C27H44O4/c1-15-5-10-27(30-14-15)16(2)24-23(31-27)13-20-18-12-22(29)21-11-17(28)6-8-25(21,3)19(18)7-9-26(20,24)4/h15-24,28-29H,5-14H2,1-4H3/t15-,16?,17+,18?,19?,20+,21-,22+,23?,24?,25-,26+,27-/m1/s1. The molecule has 0 amide bonds. The summed E-state index contributed by atoms with van der Waals surface area (Å²) >= 11 is 0.